The fourth-order valence-electron chi connectivity index (χ4n) is 5.21. The van der Waals surface area contributed by atoms with Crippen LogP contribution in [-0.4, -0.2) is 0 Å². The molecule has 0 fully saturated rings. The lowest BCUT2D eigenvalue weighted by Crippen LogP contribution is -1.92. The first-order chi connectivity index (χ1) is 30.3. The molecule has 0 atom stereocenters. The Morgan fingerprint density at radius 3 is 1.59 bits per heavy atom. The van der Waals surface area contributed by atoms with E-state index in [1.807, 2.05) is 0 Å². The minimum absolute atomic E-state index is 0.403. The number of rotatable bonds is 2. The summed E-state index contributed by atoms with van der Waals surface area (Å²) in [5, 5.41) is -5.88. The molecule has 0 radical (unpaired) electrons. The van der Waals surface area contributed by atoms with Crippen LogP contribution in [0.25, 0.3) is 87.3 Å². The molecular formula is C40H24O. The van der Waals surface area contributed by atoms with Crippen LogP contribution in [0.4, 0.5) is 0 Å². The second-order valence-corrected chi connectivity index (χ2v) is 9.01. The Bertz CT molecular complexity index is 3740. The van der Waals surface area contributed by atoms with Crippen molar-refractivity contribution in [1.82, 2.24) is 0 Å². The molecule has 0 N–H and O–H groups in total. The SMILES string of the molecule is [2H]c1c([2H])c([2H])c2c(oc3c([2H])c([2H])c(-c4c5c([2H])c([2H])c([2H])c([2H])c5c(-c5c([2H])c6c([2H])c([2H])c([2H])c([2H])c6c6c([2H])c([2H])c([2H])c([2H])c56)c5c([2H])c([2H])c([2H])c([2H])c45)c([2H])c32)c1[2H]. The number of furan rings is 1. The molecule has 0 bridgehead atoms. The summed E-state index contributed by atoms with van der Waals surface area (Å²) in [7, 11) is 0. The van der Waals surface area contributed by atoms with Crippen molar-refractivity contribution >= 4 is 65.0 Å². The summed E-state index contributed by atoms with van der Waals surface area (Å²) in [4.78, 5) is 0. The third-order valence-electron chi connectivity index (χ3n) is 6.89. The minimum Gasteiger partial charge on any atom is -0.456 e. The van der Waals surface area contributed by atoms with Crippen LogP contribution in [0.3, 0.4) is 0 Å². The van der Waals surface area contributed by atoms with E-state index >= 15 is 0 Å². The molecule has 8 aromatic carbocycles. The van der Waals surface area contributed by atoms with Crippen molar-refractivity contribution in [2.24, 2.45) is 0 Å². The normalized spacial score (nSPS) is 20.1. The monoisotopic (exact) mass is 544 g/mol. The smallest absolute Gasteiger partial charge is 0.135 e. The van der Waals surface area contributed by atoms with E-state index in [0.717, 1.165) is 0 Å². The molecule has 1 nitrogen and oxygen atoms in total. The lowest BCUT2D eigenvalue weighted by molar-refractivity contribution is 0.669. The average Bonchev–Trinajstić information content (AvgIpc) is 3.69. The molecule has 9 aromatic rings. The molecule has 41 heavy (non-hydrogen) atoms. The summed E-state index contributed by atoms with van der Waals surface area (Å²) in [6, 6.07) is -20.8. The van der Waals surface area contributed by atoms with Gasteiger partial charge >= 0.3 is 0 Å². The largest absolute Gasteiger partial charge is 0.456 e. The quantitative estimate of drug-likeness (QED) is 0.156. The summed E-state index contributed by atoms with van der Waals surface area (Å²) >= 11 is 0. The molecule has 0 aliphatic heterocycles. The van der Waals surface area contributed by atoms with Crippen molar-refractivity contribution in [2.45, 2.75) is 0 Å². The molecule has 1 aromatic heterocycles. The zero-order valence-corrected chi connectivity index (χ0v) is 20.4. The van der Waals surface area contributed by atoms with Gasteiger partial charge in [-0.1, -0.05) is 121 Å². The molecule has 0 spiro atoms. The van der Waals surface area contributed by atoms with Crippen LogP contribution in [0.2, 0.25) is 0 Å². The van der Waals surface area contributed by atoms with E-state index in [0.29, 0.717) is 0 Å². The molecule has 0 saturated heterocycles. The van der Waals surface area contributed by atoms with E-state index < -0.39 is 232 Å². The Morgan fingerprint density at radius 2 is 0.878 bits per heavy atom. The second-order valence-electron chi connectivity index (χ2n) is 9.01. The standard InChI is InChI=1S/C40H24O/c1-2-12-27-25(11-1)23-36(29-14-4-3-13-28(27)29)40-33-18-7-5-16-31(33)39(32-17-6-8-19-34(32)40)26-21-22-38-35(24-26)30-15-9-10-20-37(30)41-38/h1-24H/i1D,2D,3D,4D,5D,6D,7D,8D,9D,10D,11D,12D,13D,14D,15D,16D,17D,18D,19D,20D,21D,22D,23D,24D. The van der Waals surface area contributed by atoms with E-state index in [1.165, 1.54) is 0 Å². The van der Waals surface area contributed by atoms with Crippen LogP contribution < -0.4 is 0 Å². The van der Waals surface area contributed by atoms with Gasteiger partial charge in [0.05, 0.1) is 32.9 Å². The Hall–Kier alpha value is -5.40. The first-order valence-electron chi connectivity index (χ1n) is 24.2. The maximum atomic E-state index is 9.74. The molecule has 0 amide bonds. The van der Waals surface area contributed by atoms with Crippen molar-refractivity contribution in [2.75, 3.05) is 0 Å². The Kier molecular flexibility index (Phi) is 1.94. The highest BCUT2D eigenvalue weighted by atomic mass is 16.3. The van der Waals surface area contributed by atoms with Gasteiger partial charge in [-0.2, -0.15) is 0 Å². The summed E-state index contributed by atoms with van der Waals surface area (Å²) in [5.41, 5.74) is -3.75. The summed E-state index contributed by atoms with van der Waals surface area (Å²) in [6.45, 7) is 0. The van der Waals surface area contributed by atoms with E-state index in [2.05, 4.69) is 0 Å². The van der Waals surface area contributed by atoms with Gasteiger partial charge in [-0.15, -0.1) is 0 Å². The third kappa shape index (κ3) is 3.24. The molecule has 0 aliphatic carbocycles. The highest BCUT2D eigenvalue weighted by Crippen LogP contribution is 2.47. The molecule has 1 heteroatoms. The number of fused-ring (bicyclic) bond motifs is 8. The molecule has 190 valence electrons. The van der Waals surface area contributed by atoms with Crippen LogP contribution >= 0.6 is 0 Å². The van der Waals surface area contributed by atoms with Gasteiger partial charge in [-0.3, -0.25) is 0 Å². The first-order valence-corrected chi connectivity index (χ1v) is 12.2. The van der Waals surface area contributed by atoms with Gasteiger partial charge < -0.3 is 4.42 Å². The highest BCUT2D eigenvalue weighted by molar-refractivity contribution is 6.26. The van der Waals surface area contributed by atoms with Gasteiger partial charge in [-0.25, -0.2) is 0 Å². The molecule has 1 heterocycles. The van der Waals surface area contributed by atoms with Gasteiger partial charge in [-0.05, 0) is 89.5 Å². The van der Waals surface area contributed by atoms with Crippen molar-refractivity contribution in [3.8, 4) is 22.3 Å². The van der Waals surface area contributed by atoms with Crippen LogP contribution in [0.15, 0.2) is 149 Å². The first kappa shape index (κ1) is 9.33. The van der Waals surface area contributed by atoms with E-state index in [1.54, 1.807) is 0 Å². The lowest BCUT2D eigenvalue weighted by atomic mass is 9.83. The summed E-state index contributed by atoms with van der Waals surface area (Å²) in [5.74, 6) is 0. The van der Waals surface area contributed by atoms with Gasteiger partial charge in [0, 0.05) is 10.8 Å². The molecule has 9 rings (SSSR count). The number of hydrogen-bond donors (Lipinski definition) is 0. The van der Waals surface area contributed by atoms with Crippen LogP contribution in [-0.2, 0) is 0 Å². The fourth-order valence-corrected chi connectivity index (χ4v) is 5.21. The predicted octanol–water partition coefficient (Wildman–Crippen LogP) is 11.5. The number of hydrogen-bond acceptors (Lipinski definition) is 1. The maximum absolute atomic E-state index is 9.74. The van der Waals surface area contributed by atoms with Crippen LogP contribution in [0, 0.1) is 0 Å². The number of benzene rings is 8. The van der Waals surface area contributed by atoms with E-state index in [4.69, 9.17) is 26.3 Å². The van der Waals surface area contributed by atoms with E-state index in [9.17, 15) is 11.0 Å². The van der Waals surface area contributed by atoms with Crippen molar-refractivity contribution < 1.29 is 37.3 Å². The summed E-state index contributed by atoms with van der Waals surface area (Å²) < 4.78 is 221. The zero-order valence-electron chi connectivity index (χ0n) is 44.4. The minimum atomic E-state index is -0.957. The number of para-hydroxylation sites is 1. The van der Waals surface area contributed by atoms with Gasteiger partial charge in [0.15, 0.2) is 0 Å². The van der Waals surface area contributed by atoms with Crippen molar-refractivity contribution in [3.63, 3.8) is 0 Å². The van der Waals surface area contributed by atoms with Gasteiger partial charge in [0.25, 0.3) is 0 Å². The zero-order chi connectivity index (χ0) is 47.8. The average molecular weight is 545 g/mol. The van der Waals surface area contributed by atoms with Crippen LogP contribution in [0.1, 0.15) is 32.9 Å². The molecule has 0 aliphatic rings. The fraction of sp³-hybridized carbons (Fsp3) is 0. The molecular weight excluding hydrogens is 496 g/mol. The highest BCUT2D eigenvalue weighted by Gasteiger charge is 2.19. The third-order valence-corrected chi connectivity index (χ3v) is 6.89. The Balaban J connectivity index is 1.70. The predicted molar refractivity (Wildman–Crippen MR) is 175 cm³/mol. The molecule has 0 saturated carbocycles. The lowest BCUT2D eigenvalue weighted by Gasteiger charge is -2.19. The topological polar surface area (TPSA) is 13.1 Å². The van der Waals surface area contributed by atoms with Gasteiger partial charge in [0.2, 0.25) is 0 Å². The Labute approximate surface area is 270 Å². The van der Waals surface area contributed by atoms with E-state index in [-0.39, 0.29) is 0 Å². The molecule has 0 unspecified atom stereocenters. The van der Waals surface area contributed by atoms with Crippen molar-refractivity contribution in [1.29, 1.82) is 0 Å². The van der Waals surface area contributed by atoms with Crippen molar-refractivity contribution in [3.05, 3.63) is 145 Å². The Morgan fingerprint density at radius 1 is 0.366 bits per heavy atom. The van der Waals surface area contributed by atoms with Gasteiger partial charge in [0.1, 0.15) is 11.2 Å². The second kappa shape index (κ2) is 8.55. The van der Waals surface area contributed by atoms with Crippen LogP contribution in [0.5, 0.6) is 0 Å². The summed E-state index contributed by atoms with van der Waals surface area (Å²) in [6.07, 6.45) is 0. The maximum Gasteiger partial charge on any atom is 0.135 e.